The second-order valence-corrected chi connectivity index (χ2v) is 2.02. The molecular formula is C6H10ClF5S. The summed E-state index contributed by atoms with van der Waals surface area (Å²) in [6.07, 6.45) is 0. The minimum atomic E-state index is 0. The lowest BCUT2D eigenvalue weighted by Gasteiger charge is -1.85. The molecule has 82 valence electrons. The van der Waals surface area contributed by atoms with Gasteiger partial charge in [-0.2, -0.15) is 3.89 Å². The highest BCUT2D eigenvalue weighted by atomic mass is 35.5. The molecule has 0 aliphatic heterocycles. The Labute approximate surface area is 83.1 Å². The van der Waals surface area contributed by atoms with Crippen LogP contribution in [0.2, 0.25) is 0 Å². The normalized spacial score (nSPS) is 5.62. The molecule has 13 heavy (non-hydrogen) atoms. The van der Waals surface area contributed by atoms with Crippen molar-refractivity contribution >= 4 is 24.6 Å². The Hall–Kier alpha value is -0.490. The van der Waals surface area contributed by atoms with Crippen molar-refractivity contribution in [1.82, 2.24) is 0 Å². The topological polar surface area (TPSA) is 0 Å². The van der Waals surface area contributed by atoms with Crippen molar-refractivity contribution in [3.63, 3.8) is 0 Å². The molecule has 0 atom stereocenters. The fraction of sp³-hybridized carbons (Fsp3) is 0. The SMILES string of the molecule is Cl.F.F.F.F.FSc1ccccc1. The van der Waals surface area contributed by atoms with Gasteiger partial charge in [-0.1, -0.05) is 18.2 Å². The zero-order chi connectivity index (χ0) is 5.82. The molecule has 0 bridgehead atoms. The smallest absolute Gasteiger partial charge is 0.0812 e. The highest BCUT2D eigenvalue weighted by Gasteiger charge is 1.84. The maximum Gasteiger partial charge on any atom is 0.0812 e. The zero-order valence-electron chi connectivity index (χ0n) is 6.21. The van der Waals surface area contributed by atoms with E-state index >= 15 is 0 Å². The Morgan fingerprint density at radius 3 is 1.46 bits per heavy atom. The van der Waals surface area contributed by atoms with E-state index in [9.17, 15) is 3.89 Å². The van der Waals surface area contributed by atoms with Gasteiger partial charge in [0.1, 0.15) is 0 Å². The summed E-state index contributed by atoms with van der Waals surface area (Å²) in [7, 11) is 0. The first kappa shape index (κ1) is 29.4. The van der Waals surface area contributed by atoms with E-state index in [1.165, 1.54) is 0 Å². The molecule has 1 aromatic rings. The second-order valence-electron chi connectivity index (χ2n) is 1.39. The van der Waals surface area contributed by atoms with Gasteiger partial charge in [0.15, 0.2) is 0 Å². The predicted molar refractivity (Wildman–Crippen MR) is 50.7 cm³/mol. The summed E-state index contributed by atoms with van der Waals surface area (Å²) >= 11 is 0.269. The van der Waals surface area contributed by atoms with Crippen molar-refractivity contribution in [2.24, 2.45) is 0 Å². The molecule has 1 rings (SSSR count). The van der Waals surface area contributed by atoms with Crippen LogP contribution in [0.4, 0.5) is 22.7 Å². The van der Waals surface area contributed by atoms with Crippen molar-refractivity contribution in [3.05, 3.63) is 30.3 Å². The molecule has 0 saturated heterocycles. The third kappa shape index (κ3) is 11.5. The zero-order valence-corrected chi connectivity index (χ0v) is 7.85. The summed E-state index contributed by atoms with van der Waals surface area (Å²) in [5.41, 5.74) is 0. The Morgan fingerprint density at radius 1 is 0.846 bits per heavy atom. The van der Waals surface area contributed by atoms with Crippen LogP contribution < -0.4 is 0 Å². The minimum Gasteiger partial charge on any atom is -0.269 e. The lowest BCUT2D eigenvalue weighted by molar-refractivity contribution is 0.934. The van der Waals surface area contributed by atoms with Crippen LogP contribution in [-0.4, -0.2) is 0 Å². The summed E-state index contributed by atoms with van der Waals surface area (Å²) in [4.78, 5) is 0.660. The molecule has 1 aromatic carbocycles. The van der Waals surface area contributed by atoms with Crippen LogP contribution in [0, 0.1) is 0 Å². The lowest BCUT2D eigenvalue weighted by Crippen LogP contribution is -1.60. The van der Waals surface area contributed by atoms with Gasteiger partial charge in [-0.3, -0.25) is 18.8 Å². The van der Waals surface area contributed by atoms with Crippen LogP contribution in [0.15, 0.2) is 35.2 Å². The van der Waals surface area contributed by atoms with Gasteiger partial charge in [0, 0.05) is 4.90 Å². The van der Waals surface area contributed by atoms with E-state index in [0.717, 1.165) is 0 Å². The van der Waals surface area contributed by atoms with Gasteiger partial charge in [0.25, 0.3) is 0 Å². The van der Waals surface area contributed by atoms with Gasteiger partial charge in [-0.05, 0) is 12.1 Å². The predicted octanol–water partition coefficient (Wildman–Crippen LogP) is 3.70. The third-order valence-corrected chi connectivity index (χ3v) is 1.28. The van der Waals surface area contributed by atoms with Gasteiger partial charge in [0.2, 0.25) is 0 Å². The summed E-state index contributed by atoms with van der Waals surface area (Å²) in [6, 6.07) is 8.93. The van der Waals surface area contributed by atoms with Gasteiger partial charge in [-0.15, -0.1) is 12.4 Å². The van der Waals surface area contributed by atoms with Crippen LogP contribution >= 0.6 is 24.6 Å². The van der Waals surface area contributed by atoms with E-state index in [-0.39, 0.29) is 43.4 Å². The summed E-state index contributed by atoms with van der Waals surface area (Å²) in [6.45, 7) is 0. The molecule has 0 aliphatic carbocycles. The first-order valence-corrected chi connectivity index (χ1v) is 2.99. The van der Waals surface area contributed by atoms with E-state index < -0.39 is 0 Å². The van der Waals surface area contributed by atoms with Crippen LogP contribution in [-0.2, 0) is 0 Å². The standard InChI is InChI=1S/C6H5FS.ClH.4FH/c7-8-6-4-2-1-3-5-6;;;;;/h1-5H;5*1H. The van der Waals surface area contributed by atoms with Crippen molar-refractivity contribution in [2.45, 2.75) is 4.90 Å². The average Bonchev–Trinajstić information content (AvgIpc) is 1.90. The van der Waals surface area contributed by atoms with E-state index in [1.807, 2.05) is 18.2 Å². The van der Waals surface area contributed by atoms with E-state index in [4.69, 9.17) is 0 Å². The highest BCUT2D eigenvalue weighted by Crippen LogP contribution is 2.16. The molecular weight excluding hydrogens is 235 g/mol. The van der Waals surface area contributed by atoms with E-state index in [1.54, 1.807) is 12.1 Å². The quantitative estimate of drug-likeness (QED) is 0.679. The van der Waals surface area contributed by atoms with Crippen molar-refractivity contribution in [1.29, 1.82) is 0 Å². The van der Waals surface area contributed by atoms with Crippen molar-refractivity contribution < 1.29 is 22.7 Å². The average molecular weight is 245 g/mol. The molecule has 0 fully saturated rings. The maximum absolute atomic E-state index is 11.6. The fourth-order valence-corrected chi connectivity index (χ4v) is 0.732. The molecule has 0 radical (unpaired) electrons. The van der Waals surface area contributed by atoms with Crippen LogP contribution in [0.5, 0.6) is 0 Å². The van der Waals surface area contributed by atoms with Crippen LogP contribution in [0.3, 0.4) is 0 Å². The van der Waals surface area contributed by atoms with Crippen LogP contribution in [0.25, 0.3) is 0 Å². The maximum atomic E-state index is 11.6. The molecule has 0 aromatic heterocycles. The summed E-state index contributed by atoms with van der Waals surface area (Å²) in [5.74, 6) is 0. The Morgan fingerprint density at radius 2 is 1.23 bits per heavy atom. The molecule has 7 heteroatoms. The number of benzene rings is 1. The van der Waals surface area contributed by atoms with Crippen LogP contribution in [0.1, 0.15) is 0 Å². The Kier molecular flexibility index (Phi) is 39.7. The monoisotopic (exact) mass is 244 g/mol. The lowest BCUT2D eigenvalue weighted by atomic mass is 10.4. The largest absolute Gasteiger partial charge is 0.269 e. The third-order valence-electron chi connectivity index (χ3n) is 0.832. The number of rotatable bonds is 1. The van der Waals surface area contributed by atoms with Gasteiger partial charge >= 0.3 is 0 Å². The number of hydrogen-bond acceptors (Lipinski definition) is 1. The summed E-state index contributed by atoms with van der Waals surface area (Å²) < 4.78 is 11.6. The molecule has 0 saturated carbocycles. The summed E-state index contributed by atoms with van der Waals surface area (Å²) in [5, 5.41) is 0. The molecule has 0 unspecified atom stereocenters. The molecule has 0 amide bonds. The minimum absolute atomic E-state index is 0. The van der Waals surface area contributed by atoms with Gasteiger partial charge in [0.05, 0.1) is 12.1 Å². The first-order chi connectivity index (χ1) is 3.93. The van der Waals surface area contributed by atoms with Gasteiger partial charge < -0.3 is 0 Å². The second kappa shape index (κ2) is 17.6. The highest BCUT2D eigenvalue weighted by molar-refractivity contribution is 7.94. The molecule has 0 spiro atoms. The number of hydrogen-bond donors (Lipinski definition) is 0. The van der Waals surface area contributed by atoms with Gasteiger partial charge in [-0.25, -0.2) is 0 Å². The van der Waals surface area contributed by atoms with E-state index in [2.05, 4.69) is 0 Å². The number of halogens is 6. The van der Waals surface area contributed by atoms with Crippen molar-refractivity contribution in [2.75, 3.05) is 0 Å². The van der Waals surface area contributed by atoms with E-state index in [0.29, 0.717) is 4.90 Å². The molecule has 0 aliphatic rings. The molecule has 0 N–H and O–H groups in total. The molecule has 0 nitrogen and oxygen atoms in total. The fourth-order valence-electron chi connectivity index (χ4n) is 0.472. The first-order valence-electron chi connectivity index (χ1n) is 2.27. The van der Waals surface area contributed by atoms with Crippen molar-refractivity contribution in [3.8, 4) is 0 Å². The molecule has 0 heterocycles. The Bertz CT molecular complexity index is 162. The Balaban J connectivity index is -0.0000000427.